The summed E-state index contributed by atoms with van der Waals surface area (Å²) in [4.78, 5) is 38.1. The van der Waals surface area contributed by atoms with Crippen molar-refractivity contribution in [3.8, 4) is 0 Å². The van der Waals surface area contributed by atoms with Gasteiger partial charge in [0.05, 0.1) is 36.6 Å². The van der Waals surface area contributed by atoms with Gasteiger partial charge in [0.15, 0.2) is 17.2 Å². The zero-order chi connectivity index (χ0) is 38.0. The Morgan fingerprint density at radius 3 is 2.48 bits per heavy atom. The number of rotatable bonds is 8. The number of halogens is 2. The molecule has 3 saturated heterocycles. The number of nitrogens with one attached hydrogen (secondary N) is 2. The molecule has 1 aliphatic carbocycles. The first-order chi connectivity index (χ1) is 25.8. The number of anilines is 3. The van der Waals surface area contributed by atoms with Crippen molar-refractivity contribution < 1.29 is 27.8 Å². The van der Waals surface area contributed by atoms with Crippen LogP contribution in [0.15, 0.2) is 30.5 Å². The number of carbonyl (C=O) groups is 2. The number of methoxy groups -OCH3 is 1. The van der Waals surface area contributed by atoms with E-state index in [1.165, 1.54) is 0 Å². The Morgan fingerprint density at radius 1 is 1.04 bits per heavy atom. The van der Waals surface area contributed by atoms with Crippen LogP contribution in [-0.2, 0) is 22.4 Å². The third-order valence-corrected chi connectivity index (χ3v) is 12.2. The fraction of sp³-hybridized carbons (Fsp3) is 0.641. The van der Waals surface area contributed by atoms with Crippen LogP contribution in [0.3, 0.4) is 0 Å². The summed E-state index contributed by atoms with van der Waals surface area (Å²) in [7, 11) is 3.48. The standard InChI is InChI=1S/C39H53F2N9O4/c1-37(2,3)54-36(52)48-22-38(23-48)13-17-47(18-14-38)32-12-15-46(24-39(32,40)41)21-25-7-6-8-29-26(25)11-16-49(29)33-19-28(42-4)34-43-20-30(50(34)45-33)35(51)44-27-9-10-31(27)53-5/h6-8,19-20,27,31-32,42H,9-18,21-24H2,1-5H3,(H,44,51)/t27-,31-,32-/m1/s1. The highest BCUT2D eigenvalue weighted by atomic mass is 19.3. The van der Waals surface area contributed by atoms with Gasteiger partial charge >= 0.3 is 6.09 Å². The number of alkyl halides is 2. The molecule has 13 nitrogen and oxygen atoms in total. The maximum absolute atomic E-state index is 16.0. The molecule has 1 saturated carbocycles. The van der Waals surface area contributed by atoms with Crippen molar-refractivity contribution in [2.45, 2.75) is 95.6 Å². The average Bonchev–Trinajstić information content (AvgIpc) is 3.73. The highest BCUT2D eigenvalue weighted by molar-refractivity contribution is 5.94. The minimum atomic E-state index is -2.84. The Labute approximate surface area is 315 Å². The molecule has 6 heterocycles. The number of aromatic nitrogens is 3. The number of fused-ring (bicyclic) bond motifs is 2. The molecular formula is C39H53F2N9O4. The van der Waals surface area contributed by atoms with Gasteiger partial charge in [0, 0.05) is 64.0 Å². The molecule has 292 valence electrons. The van der Waals surface area contributed by atoms with E-state index in [2.05, 4.69) is 32.7 Å². The molecular weight excluding hydrogens is 696 g/mol. The third kappa shape index (κ3) is 6.87. The first-order valence-corrected chi connectivity index (χ1v) is 19.4. The summed E-state index contributed by atoms with van der Waals surface area (Å²) in [5, 5.41) is 11.2. The van der Waals surface area contributed by atoms with E-state index in [4.69, 9.17) is 14.6 Å². The van der Waals surface area contributed by atoms with Crippen LogP contribution >= 0.6 is 0 Å². The van der Waals surface area contributed by atoms with Gasteiger partial charge in [-0.25, -0.2) is 23.1 Å². The maximum Gasteiger partial charge on any atom is 0.410 e. The van der Waals surface area contributed by atoms with Gasteiger partial charge in [0.1, 0.15) is 5.60 Å². The molecule has 8 rings (SSSR count). The summed E-state index contributed by atoms with van der Waals surface area (Å²) in [6.07, 6.45) is 5.85. The molecule has 15 heteroatoms. The number of amides is 2. The van der Waals surface area contributed by atoms with Crippen molar-refractivity contribution in [2.24, 2.45) is 5.41 Å². The first-order valence-electron chi connectivity index (χ1n) is 19.4. The van der Waals surface area contributed by atoms with Crippen LogP contribution in [0.25, 0.3) is 5.65 Å². The topological polar surface area (TPSA) is 120 Å². The van der Waals surface area contributed by atoms with Crippen molar-refractivity contribution in [1.82, 2.24) is 34.6 Å². The van der Waals surface area contributed by atoms with Crippen LogP contribution in [0.1, 0.15) is 74.5 Å². The fourth-order valence-corrected chi connectivity index (χ4v) is 9.15. The van der Waals surface area contributed by atoms with E-state index >= 15 is 8.78 Å². The number of hydrogen-bond donors (Lipinski definition) is 2. The molecule has 1 spiro atoms. The van der Waals surface area contributed by atoms with E-state index < -0.39 is 17.6 Å². The number of imidazole rings is 1. The van der Waals surface area contributed by atoms with Gasteiger partial charge in [-0.2, -0.15) is 0 Å². The molecule has 0 radical (unpaired) electrons. The lowest BCUT2D eigenvalue weighted by molar-refractivity contribution is -0.144. The van der Waals surface area contributed by atoms with E-state index in [1.54, 1.807) is 22.7 Å². The van der Waals surface area contributed by atoms with Gasteiger partial charge in [-0.1, -0.05) is 12.1 Å². The molecule has 5 aliphatic rings. The number of hydrogen-bond acceptors (Lipinski definition) is 10. The lowest BCUT2D eigenvalue weighted by Crippen LogP contribution is -2.65. The zero-order valence-corrected chi connectivity index (χ0v) is 32.0. The molecule has 4 fully saturated rings. The molecule has 2 N–H and O–H groups in total. The maximum atomic E-state index is 16.0. The molecule has 3 atom stereocenters. The van der Waals surface area contributed by atoms with Crippen LogP contribution in [0.5, 0.6) is 0 Å². The summed E-state index contributed by atoms with van der Waals surface area (Å²) < 4.78 is 44.5. The first kappa shape index (κ1) is 36.9. The largest absolute Gasteiger partial charge is 0.444 e. The summed E-state index contributed by atoms with van der Waals surface area (Å²) in [5.41, 5.74) is 4.30. The van der Waals surface area contributed by atoms with E-state index in [9.17, 15) is 9.59 Å². The highest BCUT2D eigenvalue weighted by Crippen LogP contribution is 2.44. The van der Waals surface area contributed by atoms with Crippen LogP contribution in [0.2, 0.25) is 0 Å². The molecule has 0 unspecified atom stereocenters. The van der Waals surface area contributed by atoms with Crippen molar-refractivity contribution >= 4 is 34.8 Å². The molecule has 1 aromatic carbocycles. The van der Waals surface area contributed by atoms with Gasteiger partial charge in [0.25, 0.3) is 11.8 Å². The number of nitrogens with zero attached hydrogens (tertiary/aromatic N) is 7. The minimum absolute atomic E-state index is 0.00796. The second kappa shape index (κ2) is 13.9. The predicted molar refractivity (Wildman–Crippen MR) is 201 cm³/mol. The lowest BCUT2D eigenvalue weighted by atomic mass is 9.71. The van der Waals surface area contributed by atoms with Gasteiger partial charge < -0.3 is 29.9 Å². The van der Waals surface area contributed by atoms with E-state index in [0.29, 0.717) is 69.4 Å². The molecule has 2 aromatic heterocycles. The molecule has 4 aliphatic heterocycles. The average molecular weight is 750 g/mol. The van der Waals surface area contributed by atoms with Crippen LogP contribution in [0, 0.1) is 5.41 Å². The van der Waals surface area contributed by atoms with Crippen molar-refractivity contribution in [3.05, 3.63) is 47.3 Å². The zero-order valence-electron chi connectivity index (χ0n) is 32.0. The number of likely N-dealkylation sites (tertiary alicyclic amines) is 3. The van der Waals surface area contributed by atoms with E-state index in [0.717, 1.165) is 54.6 Å². The number of benzene rings is 1. The lowest BCUT2D eigenvalue weighted by Gasteiger charge is -2.55. The van der Waals surface area contributed by atoms with Crippen LogP contribution < -0.4 is 15.5 Å². The van der Waals surface area contributed by atoms with Crippen LogP contribution in [-0.4, -0.2) is 131 Å². The van der Waals surface area contributed by atoms with Gasteiger partial charge in [0.2, 0.25) is 0 Å². The Balaban J connectivity index is 0.914. The van der Waals surface area contributed by atoms with Crippen molar-refractivity contribution in [1.29, 1.82) is 0 Å². The SMILES string of the molecule is CNc1cc(N2CCc3c(CN4CC[C@@H](N5CCC6(CC5)CN(C(=O)OC(C)(C)C)C6)C(F)(F)C4)cccc32)nn2c(C(=O)N[C@@H]3CC[C@H]3OC)cnc12. The summed E-state index contributed by atoms with van der Waals surface area (Å²) >= 11 is 0. The minimum Gasteiger partial charge on any atom is -0.444 e. The Hall–Kier alpha value is -4.08. The van der Waals surface area contributed by atoms with Gasteiger partial charge in [-0.05, 0) is 89.6 Å². The number of ether oxygens (including phenoxy) is 2. The summed E-state index contributed by atoms with van der Waals surface area (Å²) in [6, 6.07) is 7.21. The molecule has 3 aromatic rings. The highest BCUT2D eigenvalue weighted by Gasteiger charge is 2.52. The summed E-state index contributed by atoms with van der Waals surface area (Å²) in [5.74, 6) is -2.42. The van der Waals surface area contributed by atoms with Gasteiger partial charge in [-0.15, -0.1) is 5.10 Å². The fourth-order valence-electron chi connectivity index (χ4n) is 9.15. The Bertz CT molecular complexity index is 1900. The van der Waals surface area contributed by atoms with Crippen LogP contribution in [0.4, 0.5) is 30.8 Å². The molecule has 2 amide bonds. The molecule has 0 bridgehead atoms. The second-order valence-electron chi connectivity index (χ2n) is 16.9. The van der Waals surface area contributed by atoms with E-state index in [1.807, 2.05) is 49.8 Å². The monoisotopic (exact) mass is 749 g/mol. The Kier molecular flexibility index (Phi) is 9.49. The second-order valence-corrected chi connectivity index (χ2v) is 16.9. The predicted octanol–water partition coefficient (Wildman–Crippen LogP) is 4.91. The third-order valence-electron chi connectivity index (χ3n) is 12.2. The van der Waals surface area contributed by atoms with Gasteiger partial charge in [-0.3, -0.25) is 14.6 Å². The molecule has 54 heavy (non-hydrogen) atoms. The number of piperidine rings is 2. The normalized spacial score (nSPS) is 25.3. The van der Waals surface area contributed by atoms with Crippen molar-refractivity contribution in [3.63, 3.8) is 0 Å². The Morgan fingerprint density at radius 2 is 1.81 bits per heavy atom. The number of carbonyl (C=O) groups excluding carboxylic acids is 2. The summed E-state index contributed by atoms with van der Waals surface area (Å²) in [6.45, 7) is 9.56. The smallest absolute Gasteiger partial charge is 0.410 e. The quantitative estimate of drug-likeness (QED) is 0.329. The van der Waals surface area contributed by atoms with E-state index in [-0.39, 0.29) is 36.1 Å². The van der Waals surface area contributed by atoms with Crippen molar-refractivity contribution in [2.75, 3.05) is 70.2 Å².